The number of nitrogens with zero attached hydrogens (tertiary/aromatic N) is 3. The Labute approximate surface area is 163 Å². The van der Waals surface area contributed by atoms with Gasteiger partial charge in [-0.2, -0.15) is 5.10 Å². The summed E-state index contributed by atoms with van der Waals surface area (Å²) in [6.07, 6.45) is 1.34. The fraction of sp³-hybridized carbons (Fsp3) is 0.455. The fourth-order valence-corrected chi connectivity index (χ4v) is 1.40. The summed E-state index contributed by atoms with van der Waals surface area (Å²) < 4.78 is 42.9. The van der Waals surface area contributed by atoms with E-state index in [4.69, 9.17) is 4.74 Å². The van der Waals surface area contributed by atoms with Gasteiger partial charge in [0.05, 0.1) is 18.5 Å². The Morgan fingerprint density at radius 1 is 1.52 bits per heavy atom. The minimum atomic E-state index is -5.17. The van der Waals surface area contributed by atoms with Crippen molar-refractivity contribution in [3.8, 4) is 0 Å². The standard InChI is InChI=1S/C11H16BF3N3O2.K/c1-9(12(13,14)15)8-18-11(19)6-10(7-16-18)17(2)4-5-20-3;/h6-7H,1,4-5,8H2,2-3H3;/q-1;+1. The van der Waals surface area contributed by atoms with E-state index in [2.05, 4.69) is 11.7 Å². The summed E-state index contributed by atoms with van der Waals surface area (Å²) in [5.41, 5.74) is -1.04. The molecule has 0 fully saturated rings. The van der Waals surface area contributed by atoms with Crippen LogP contribution in [0.25, 0.3) is 0 Å². The second kappa shape index (κ2) is 9.11. The van der Waals surface area contributed by atoms with Crippen LogP contribution in [0.2, 0.25) is 0 Å². The Hall–Kier alpha value is -0.129. The number of allylic oxidation sites excluding steroid dienone is 1. The minimum Gasteiger partial charge on any atom is -0.445 e. The Morgan fingerprint density at radius 2 is 2.14 bits per heavy atom. The van der Waals surface area contributed by atoms with Crippen molar-refractivity contribution in [2.24, 2.45) is 0 Å². The molecule has 1 aromatic heterocycles. The third kappa shape index (κ3) is 6.66. The number of aromatic nitrogens is 2. The van der Waals surface area contributed by atoms with Crippen LogP contribution in [0.5, 0.6) is 0 Å². The van der Waals surface area contributed by atoms with Gasteiger partial charge in [0.1, 0.15) is 0 Å². The number of rotatable bonds is 7. The van der Waals surface area contributed by atoms with E-state index in [1.807, 2.05) is 0 Å². The number of methoxy groups -OCH3 is 1. The van der Waals surface area contributed by atoms with Crippen LogP contribution in [-0.4, -0.2) is 44.1 Å². The molecule has 21 heavy (non-hydrogen) atoms. The molecule has 0 unspecified atom stereocenters. The molecule has 0 aliphatic heterocycles. The van der Waals surface area contributed by atoms with E-state index < -0.39 is 24.6 Å². The predicted octanol–water partition coefficient (Wildman–Crippen LogP) is -1.73. The average Bonchev–Trinajstić information content (AvgIpc) is 2.37. The van der Waals surface area contributed by atoms with Gasteiger partial charge in [0.25, 0.3) is 5.56 Å². The largest absolute Gasteiger partial charge is 1.00 e. The number of hydrogen-bond donors (Lipinski definition) is 0. The summed E-state index contributed by atoms with van der Waals surface area (Å²) in [4.78, 5) is 13.4. The first-order valence-corrected chi connectivity index (χ1v) is 5.90. The van der Waals surface area contributed by atoms with Crippen molar-refractivity contribution in [1.82, 2.24) is 9.78 Å². The molecule has 0 bridgehead atoms. The Kier molecular flexibility index (Phi) is 9.05. The van der Waals surface area contributed by atoms with Crippen LogP contribution >= 0.6 is 0 Å². The maximum Gasteiger partial charge on any atom is 1.00 e. The van der Waals surface area contributed by atoms with Crippen LogP contribution in [-0.2, 0) is 11.3 Å². The predicted molar refractivity (Wildman–Crippen MR) is 71.9 cm³/mol. The Balaban J connectivity index is 0.00000400. The minimum absolute atomic E-state index is 0. The molecule has 0 amide bonds. The van der Waals surface area contributed by atoms with Gasteiger partial charge >= 0.3 is 58.4 Å². The summed E-state index contributed by atoms with van der Waals surface area (Å²) >= 11 is 0. The smallest absolute Gasteiger partial charge is 0.445 e. The quantitative estimate of drug-likeness (QED) is 0.558. The van der Waals surface area contributed by atoms with Crippen LogP contribution < -0.4 is 61.8 Å². The van der Waals surface area contributed by atoms with E-state index >= 15 is 0 Å². The topological polar surface area (TPSA) is 47.4 Å². The van der Waals surface area contributed by atoms with Gasteiger partial charge < -0.3 is 22.6 Å². The molecule has 112 valence electrons. The van der Waals surface area contributed by atoms with Crippen LogP contribution in [0, 0.1) is 0 Å². The molecule has 0 saturated carbocycles. The first kappa shape index (κ1) is 20.9. The second-order valence-electron chi connectivity index (χ2n) is 4.36. The molecule has 0 aliphatic carbocycles. The summed E-state index contributed by atoms with van der Waals surface area (Å²) in [5.74, 6) is 0. The summed E-state index contributed by atoms with van der Waals surface area (Å²) in [6.45, 7) is -1.87. The number of anilines is 1. The molecule has 5 nitrogen and oxygen atoms in total. The van der Waals surface area contributed by atoms with Crippen molar-refractivity contribution >= 4 is 12.7 Å². The van der Waals surface area contributed by atoms with E-state index in [1.165, 1.54) is 12.3 Å². The maximum absolute atomic E-state index is 12.4. The summed E-state index contributed by atoms with van der Waals surface area (Å²) in [5, 5.41) is 3.73. The van der Waals surface area contributed by atoms with Crippen molar-refractivity contribution < 1.29 is 69.1 Å². The normalized spacial score (nSPS) is 10.9. The first-order chi connectivity index (χ1) is 9.25. The van der Waals surface area contributed by atoms with Gasteiger partial charge in [-0.1, -0.05) is 0 Å². The SMILES string of the molecule is C=C(Cn1ncc(N(C)CCOC)cc1=O)[B-](F)(F)F.[K+]. The molecule has 0 aromatic carbocycles. The van der Waals surface area contributed by atoms with E-state index in [9.17, 15) is 17.7 Å². The maximum atomic E-state index is 12.4. The zero-order valence-corrected chi connectivity index (χ0v) is 15.5. The molecule has 1 heterocycles. The van der Waals surface area contributed by atoms with Crippen molar-refractivity contribution in [3.63, 3.8) is 0 Å². The molecular weight excluding hydrogens is 313 g/mol. The van der Waals surface area contributed by atoms with Crippen LogP contribution in [0.4, 0.5) is 18.6 Å². The van der Waals surface area contributed by atoms with E-state index in [1.54, 1.807) is 19.1 Å². The Morgan fingerprint density at radius 3 is 2.62 bits per heavy atom. The van der Waals surface area contributed by atoms with E-state index in [0.717, 1.165) is 4.68 Å². The molecular formula is C11H16BF3KN3O2. The van der Waals surface area contributed by atoms with Gasteiger partial charge in [0, 0.05) is 33.3 Å². The van der Waals surface area contributed by atoms with Crippen molar-refractivity contribution in [2.45, 2.75) is 6.54 Å². The van der Waals surface area contributed by atoms with Crippen molar-refractivity contribution in [1.29, 1.82) is 0 Å². The molecule has 0 atom stereocenters. The molecule has 1 aromatic rings. The molecule has 0 saturated heterocycles. The third-order valence-electron chi connectivity index (χ3n) is 2.74. The summed E-state index contributed by atoms with van der Waals surface area (Å²) in [6, 6.07) is 1.24. The van der Waals surface area contributed by atoms with Gasteiger partial charge in [0.2, 0.25) is 0 Å². The van der Waals surface area contributed by atoms with Gasteiger partial charge in [-0.3, -0.25) is 4.79 Å². The third-order valence-corrected chi connectivity index (χ3v) is 2.74. The van der Waals surface area contributed by atoms with Crippen LogP contribution in [0.1, 0.15) is 0 Å². The summed E-state index contributed by atoms with van der Waals surface area (Å²) in [7, 11) is 3.28. The van der Waals surface area contributed by atoms with Gasteiger partial charge in [-0.05, 0) is 0 Å². The molecule has 10 heteroatoms. The molecule has 0 spiro atoms. The average molecular weight is 329 g/mol. The van der Waals surface area contributed by atoms with Crippen molar-refractivity contribution in [3.05, 3.63) is 34.7 Å². The number of likely N-dealkylation sites (N-methyl/N-ethyl adjacent to an activating group) is 1. The van der Waals surface area contributed by atoms with Crippen LogP contribution in [0.3, 0.4) is 0 Å². The number of ether oxygens (including phenoxy) is 1. The van der Waals surface area contributed by atoms with E-state index in [-0.39, 0.29) is 51.4 Å². The molecule has 1 rings (SSSR count). The van der Waals surface area contributed by atoms with Crippen molar-refractivity contribution in [2.75, 3.05) is 32.2 Å². The number of hydrogen-bond acceptors (Lipinski definition) is 4. The zero-order chi connectivity index (χ0) is 15.3. The van der Waals surface area contributed by atoms with Crippen LogP contribution in [0.15, 0.2) is 29.1 Å². The second-order valence-corrected chi connectivity index (χ2v) is 4.36. The van der Waals surface area contributed by atoms with Gasteiger partial charge in [0.15, 0.2) is 0 Å². The van der Waals surface area contributed by atoms with Gasteiger partial charge in [-0.25, -0.2) is 4.68 Å². The number of halogens is 3. The fourth-order valence-electron chi connectivity index (χ4n) is 1.40. The molecule has 0 aliphatic rings. The van der Waals surface area contributed by atoms with Gasteiger partial charge in [-0.15, -0.1) is 12.1 Å². The monoisotopic (exact) mass is 329 g/mol. The van der Waals surface area contributed by atoms with E-state index in [0.29, 0.717) is 18.8 Å². The molecule has 0 radical (unpaired) electrons. The first-order valence-electron chi connectivity index (χ1n) is 5.90. The zero-order valence-electron chi connectivity index (χ0n) is 12.4. The molecule has 0 N–H and O–H groups in total. The Bertz CT molecular complexity index is 536.